The summed E-state index contributed by atoms with van der Waals surface area (Å²) >= 11 is 0. The Balaban J connectivity index is 1.40. The highest BCUT2D eigenvalue weighted by atomic mass is 16.6. The van der Waals surface area contributed by atoms with E-state index in [2.05, 4.69) is 10.00 Å². The first kappa shape index (κ1) is 14.9. The lowest BCUT2D eigenvalue weighted by molar-refractivity contribution is -0.0904. The van der Waals surface area contributed by atoms with Gasteiger partial charge in [0.15, 0.2) is 0 Å². The summed E-state index contributed by atoms with van der Waals surface area (Å²) in [5.74, 6) is 0. The molecule has 4 rings (SSSR count). The Kier molecular flexibility index (Phi) is 4.20. The van der Waals surface area contributed by atoms with Crippen LogP contribution in [0.3, 0.4) is 0 Å². The zero-order valence-corrected chi connectivity index (χ0v) is 13.3. The van der Waals surface area contributed by atoms with Gasteiger partial charge in [0.05, 0.1) is 38.4 Å². The van der Waals surface area contributed by atoms with E-state index in [0.29, 0.717) is 6.61 Å². The SMILES string of the molecule is c1cnn(C[C@H]2CC[C@@]3(COCCN(Cc4ccoc4)C3)O2)c1. The minimum absolute atomic E-state index is 0.182. The summed E-state index contributed by atoms with van der Waals surface area (Å²) < 4.78 is 19.4. The van der Waals surface area contributed by atoms with Crippen LogP contribution in [-0.4, -0.2) is 52.7 Å². The molecule has 23 heavy (non-hydrogen) atoms. The van der Waals surface area contributed by atoms with Crippen LogP contribution in [0.4, 0.5) is 0 Å². The first-order valence-electron chi connectivity index (χ1n) is 8.28. The Bertz CT molecular complexity index is 599. The van der Waals surface area contributed by atoms with Crippen LogP contribution >= 0.6 is 0 Å². The minimum atomic E-state index is -0.182. The first-order chi connectivity index (χ1) is 11.3. The Hall–Kier alpha value is -1.63. The molecule has 2 aliphatic heterocycles. The van der Waals surface area contributed by atoms with Crippen LogP contribution in [0.5, 0.6) is 0 Å². The maximum Gasteiger partial charge on any atom is 0.105 e. The van der Waals surface area contributed by atoms with Gasteiger partial charge in [-0.15, -0.1) is 0 Å². The van der Waals surface area contributed by atoms with Gasteiger partial charge < -0.3 is 13.9 Å². The summed E-state index contributed by atoms with van der Waals surface area (Å²) in [5.41, 5.74) is 1.02. The van der Waals surface area contributed by atoms with E-state index in [4.69, 9.17) is 13.9 Å². The smallest absolute Gasteiger partial charge is 0.105 e. The second kappa shape index (κ2) is 6.47. The second-order valence-electron chi connectivity index (χ2n) is 6.58. The van der Waals surface area contributed by atoms with Gasteiger partial charge in [0.1, 0.15) is 5.60 Å². The Labute approximate surface area is 136 Å². The van der Waals surface area contributed by atoms with Crippen molar-refractivity contribution >= 4 is 0 Å². The van der Waals surface area contributed by atoms with Gasteiger partial charge in [-0.3, -0.25) is 9.58 Å². The zero-order chi connectivity index (χ0) is 15.5. The van der Waals surface area contributed by atoms with Gasteiger partial charge in [0.2, 0.25) is 0 Å². The number of hydrogen-bond acceptors (Lipinski definition) is 5. The molecule has 2 fully saturated rings. The Morgan fingerprint density at radius 3 is 3.22 bits per heavy atom. The molecule has 6 nitrogen and oxygen atoms in total. The summed E-state index contributed by atoms with van der Waals surface area (Å²) in [6.07, 6.45) is 9.66. The van der Waals surface area contributed by atoms with E-state index < -0.39 is 0 Å². The van der Waals surface area contributed by atoms with Crippen molar-refractivity contribution in [2.24, 2.45) is 0 Å². The van der Waals surface area contributed by atoms with Crippen molar-refractivity contribution in [3.05, 3.63) is 42.6 Å². The fourth-order valence-electron chi connectivity index (χ4n) is 3.62. The molecule has 6 heteroatoms. The molecule has 2 atom stereocenters. The Morgan fingerprint density at radius 1 is 1.39 bits per heavy atom. The first-order valence-corrected chi connectivity index (χ1v) is 8.28. The van der Waals surface area contributed by atoms with Gasteiger partial charge in [-0.2, -0.15) is 5.10 Å². The summed E-state index contributed by atoms with van der Waals surface area (Å²) in [6.45, 7) is 4.98. The molecule has 0 unspecified atom stereocenters. The van der Waals surface area contributed by atoms with Gasteiger partial charge in [-0.25, -0.2) is 0 Å². The van der Waals surface area contributed by atoms with Crippen LogP contribution in [0.2, 0.25) is 0 Å². The standard InChI is InChI=1S/C17H23N3O3/c1-5-18-20(6-1)11-16-2-4-17(23-16)13-19(7-9-22-14-17)10-15-3-8-21-12-15/h1,3,5-6,8,12,16H,2,4,7,9-11,13-14H2/t16-,17-/m1/s1. The summed E-state index contributed by atoms with van der Waals surface area (Å²) in [7, 11) is 0. The molecule has 0 saturated carbocycles. The average Bonchev–Trinajstić information content (AvgIpc) is 3.25. The van der Waals surface area contributed by atoms with E-state index in [1.807, 2.05) is 35.5 Å². The lowest BCUT2D eigenvalue weighted by atomic mass is 10.00. The molecule has 2 aliphatic rings. The van der Waals surface area contributed by atoms with Crippen LogP contribution in [0.25, 0.3) is 0 Å². The molecule has 2 aromatic rings. The number of ether oxygens (including phenoxy) is 2. The van der Waals surface area contributed by atoms with E-state index in [9.17, 15) is 0 Å². The predicted octanol–water partition coefficient (Wildman–Crippen LogP) is 1.93. The molecule has 0 bridgehead atoms. The third kappa shape index (κ3) is 3.49. The van der Waals surface area contributed by atoms with Gasteiger partial charge in [0, 0.05) is 37.6 Å². The van der Waals surface area contributed by atoms with Crippen molar-refractivity contribution < 1.29 is 13.9 Å². The normalized spacial score (nSPS) is 29.1. The topological polar surface area (TPSA) is 52.7 Å². The van der Waals surface area contributed by atoms with E-state index in [0.717, 1.165) is 45.6 Å². The highest BCUT2D eigenvalue weighted by Gasteiger charge is 2.43. The highest BCUT2D eigenvalue weighted by molar-refractivity contribution is 5.06. The summed E-state index contributed by atoms with van der Waals surface area (Å²) in [5, 5.41) is 4.28. The van der Waals surface area contributed by atoms with Crippen LogP contribution in [0.1, 0.15) is 18.4 Å². The van der Waals surface area contributed by atoms with Crippen LogP contribution in [-0.2, 0) is 22.6 Å². The molecular formula is C17H23N3O3. The summed E-state index contributed by atoms with van der Waals surface area (Å²) in [6, 6.07) is 3.97. The second-order valence-corrected chi connectivity index (χ2v) is 6.58. The molecular weight excluding hydrogens is 294 g/mol. The molecule has 0 aromatic carbocycles. The number of hydrogen-bond donors (Lipinski definition) is 0. The van der Waals surface area contributed by atoms with Gasteiger partial charge in [0.25, 0.3) is 0 Å². The molecule has 4 heterocycles. The van der Waals surface area contributed by atoms with Gasteiger partial charge in [-0.05, 0) is 25.0 Å². The molecule has 0 radical (unpaired) electrons. The molecule has 0 aliphatic carbocycles. The zero-order valence-electron chi connectivity index (χ0n) is 13.3. The molecule has 0 amide bonds. The van der Waals surface area contributed by atoms with Crippen LogP contribution < -0.4 is 0 Å². The molecule has 2 saturated heterocycles. The monoisotopic (exact) mass is 317 g/mol. The van der Waals surface area contributed by atoms with Crippen molar-refractivity contribution in [3.8, 4) is 0 Å². The maximum atomic E-state index is 6.44. The van der Waals surface area contributed by atoms with Crippen molar-refractivity contribution in [1.29, 1.82) is 0 Å². The lowest BCUT2D eigenvalue weighted by Gasteiger charge is -2.31. The van der Waals surface area contributed by atoms with Gasteiger partial charge in [-0.1, -0.05) is 0 Å². The minimum Gasteiger partial charge on any atom is -0.472 e. The molecule has 0 N–H and O–H groups in total. The van der Waals surface area contributed by atoms with E-state index in [1.165, 1.54) is 5.56 Å². The number of nitrogens with zero attached hydrogens (tertiary/aromatic N) is 3. The van der Waals surface area contributed by atoms with E-state index in [1.54, 1.807) is 6.26 Å². The number of furan rings is 1. The predicted molar refractivity (Wildman–Crippen MR) is 83.9 cm³/mol. The average molecular weight is 317 g/mol. The largest absolute Gasteiger partial charge is 0.472 e. The van der Waals surface area contributed by atoms with Gasteiger partial charge >= 0.3 is 0 Å². The molecule has 124 valence electrons. The maximum absolute atomic E-state index is 6.44. The number of aromatic nitrogens is 2. The van der Waals surface area contributed by atoms with E-state index >= 15 is 0 Å². The fraction of sp³-hybridized carbons (Fsp3) is 0.588. The van der Waals surface area contributed by atoms with Crippen molar-refractivity contribution in [2.45, 2.75) is 37.6 Å². The molecule has 1 spiro atoms. The molecule has 2 aromatic heterocycles. The number of rotatable bonds is 4. The van der Waals surface area contributed by atoms with Crippen molar-refractivity contribution in [2.75, 3.05) is 26.3 Å². The Morgan fingerprint density at radius 2 is 2.39 bits per heavy atom. The lowest BCUT2D eigenvalue weighted by Crippen LogP contribution is -2.44. The van der Waals surface area contributed by atoms with Crippen molar-refractivity contribution in [3.63, 3.8) is 0 Å². The quantitative estimate of drug-likeness (QED) is 0.862. The third-order valence-electron chi connectivity index (χ3n) is 4.70. The summed E-state index contributed by atoms with van der Waals surface area (Å²) in [4.78, 5) is 2.41. The van der Waals surface area contributed by atoms with Crippen molar-refractivity contribution in [1.82, 2.24) is 14.7 Å². The highest BCUT2D eigenvalue weighted by Crippen LogP contribution is 2.34. The third-order valence-corrected chi connectivity index (χ3v) is 4.70. The van der Waals surface area contributed by atoms with E-state index in [-0.39, 0.29) is 11.7 Å². The fourth-order valence-corrected chi connectivity index (χ4v) is 3.62. The van der Waals surface area contributed by atoms with Crippen LogP contribution in [0.15, 0.2) is 41.5 Å². The van der Waals surface area contributed by atoms with Crippen LogP contribution in [0, 0.1) is 0 Å².